The lowest BCUT2D eigenvalue weighted by Gasteiger charge is -2.17. The van der Waals surface area contributed by atoms with E-state index in [1.165, 1.54) is 0 Å². The Hall–Kier alpha value is -3.01. The number of aromatic nitrogens is 2. The van der Waals surface area contributed by atoms with Crippen molar-refractivity contribution in [3.05, 3.63) is 70.9 Å². The predicted octanol–water partition coefficient (Wildman–Crippen LogP) is 5.28. The first-order valence-electron chi connectivity index (χ1n) is 9.91. The Labute approximate surface area is 184 Å². The summed E-state index contributed by atoms with van der Waals surface area (Å²) in [6.07, 6.45) is -4.45. The summed E-state index contributed by atoms with van der Waals surface area (Å²) in [5, 5.41) is 23.0. The van der Waals surface area contributed by atoms with E-state index in [4.69, 9.17) is 4.52 Å². The van der Waals surface area contributed by atoms with Gasteiger partial charge in [0.1, 0.15) is 17.4 Å². The molecule has 0 spiro atoms. The lowest BCUT2D eigenvalue weighted by atomic mass is 9.91. The summed E-state index contributed by atoms with van der Waals surface area (Å²) in [6, 6.07) is 13.4. The fraction of sp³-hybridized carbons (Fsp3) is 0.217. The van der Waals surface area contributed by atoms with Gasteiger partial charge in [-0.1, -0.05) is 53.7 Å². The molecule has 0 radical (unpaired) electrons. The van der Waals surface area contributed by atoms with Crippen molar-refractivity contribution in [3.8, 4) is 32.5 Å². The number of hydrogen-bond donors (Lipinski definition) is 2. The Balaban J connectivity index is 1.61. The number of aliphatic hydroxyl groups excluding tert-OH is 2. The molecule has 0 amide bonds. The fourth-order valence-electron chi connectivity index (χ4n) is 3.93. The van der Waals surface area contributed by atoms with Crippen molar-refractivity contribution in [2.75, 3.05) is 6.61 Å². The quantitative estimate of drug-likeness (QED) is 0.435. The van der Waals surface area contributed by atoms with Gasteiger partial charge in [0.2, 0.25) is 5.76 Å². The first-order valence-corrected chi connectivity index (χ1v) is 10.7. The standard InChI is InChI=1S/C23H17F3N2O3S/c24-23(25,26)18-19(12-4-2-1-3-5-12)28-31-20(18)22-27-16-9-7-13-10-14(17(30)11-29)6-8-15(13)21(16)32-22/h1-6,8,10,17,29-30H,7,9,11H2. The summed E-state index contributed by atoms with van der Waals surface area (Å²) in [5.41, 5.74) is 2.24. The molecule has 0 fully saturated rings. The zero-order valence-electron chi connectivity index (χ0n) is 16.6. The number of halogens is 3. The van der Waals surface area contributed by atoms with Gasteiger partial charge in [-0.15, -0.1) is 11.3 Å². The molecule has 164 valence electrons. The van der Waals surface area contributed by atoms with Gasteiger partial charge in [-0.05, 0) is 29.5 Å². The van der Waals surface area contributed by atoms with Crippen LogP contribution < -0.4 is 0 Å². The maximum Gasteiger partial charge on any atom is 0.422 e. The summed E-state index contributed by atoms with van der Waals surface area (Å²) < 4.78 is 47.3. The molecule has 5 rings (SSSR count). The Morgan fingerprint density at radius 1 is 1.09 bits per heavy atom. The van der Waals surface area contributed by atoms with Crippen LogP contribution in [0.4, 0.5) is 13.2 Å². The molecule has 0 saturated carbocycles. The highest BCUT2D eigenvalue weighted by molar-refractivity contribution is 7.18. The molecule has 9 heteroatoms. The van der Waals surface area contributed by atoms with E-state index in [-0.39, 0.29) is 23.1 Å². The monoisotopic (exact) mass is 458 g/mol. The minimum absolute atomic E-state index is 0.129. The maximum absolute atomic E-state index is 14.0. The summed E-state index contributed by atoms with van der Waals surface area (Å²) >= 11 is 1.13. The molecule has 2 N–H and O–H groups in total. The van der Waals surface area contributed by atoms with Crippen LogP contribution in [-0.2, 0) is 19.0 Å². The van der Waals surface area contributed by atoms with E-state index in [9.17, 15) is 23.4 Å². The van der Waals surface area contributed by atoms with Gasteiger partial charge in [0.15, 0.2) is 5.01 Å². The third-order valence-corrected chi connectivity index (χ3v) is 6.61. The average molecular weight is 458 g/mol. The average Bonchev–Trinajstić information content (AvgIpc) is 3.43. The van der Waals surface area contributed by atoms with E-state index in [1.54, 1.807) is 36.4 Å². The molecule has 2 aromatic heterocycles. The van der Waals surface area contributed by atoms with Crippen LogP contribution in [0.3, 0.4) is 0 Å². The van der Waals surface area contributed by atoms with Crippen LogP contribution in [0.1, 0.15) is 28.5 Å². The second-order valence-corrected chi connectivity index (χ2v) is 8.51. The molecule has 1 unspecified atom stereocenters. The van der Waals surface area contributed by atoms with E-state index in [2.05, 4.69) is 10.1 Å². The number of aryl methyl sites for hydroxylation is 2. The topological polar surface area (TPSA) is 79.4 Å². The number of benzene rings is 2. The van der Waals surface area contributed by atoms with Crippen molar-refractivity contribution in [2.24, 2.45) is 0 Å². The van der Waals surface area contributed by atoms with Crippen molar-refractivity contribution in [1.29, 1.82) is 0 Å². The second kappa shape index (κ2) is 7.84. The van der Waals surface area contributed by atoms with Crippen molar-refractivity contribution in [2.45, 2.75) is 25.1 Å². The van der Waals surface area contributed by atoms with E-state index >= 15 is 0 Å². The van der Waals surface area contributed by atoms with Crippen LogP contribution in [0.15, 0.2) is 53.1 Å². The zero-order valence-corrected chi connectivity index (χ0v) is 17.4. The van der Waals surface area contributed by atoms with Crippen LogP contribution in [0.5, 0.6) is 0 Å². The van der Waals surface area contributed by atoms with Crippen LogP contribution >= 0.6 is 11.3 Å². The lowest BCUT2D eigenvalue weighted by Crippen LogP contribution is -2.07. The molecule has 5 nitrogen and oxygen atoms in total. The third-order valence-electron chi connectivity index (χ3n) is 5.48. The van der Waals surface area contributed by atoms with Gasteiger partial charge in [-0.2, -0.15) is 13.2 Å². The van der Waals surface area contributed by atoms with Gasteiger partial charge in [0.05, 0.1) is 17.2 Å². The van der Waals surface area contributed by atoms with Gasteiger partial charge < -0.3 is 14.7 Å². The SMILES string of the molecule is OCC(O)c1ccc2c(c1)CCc1nc(-c3onc(-c4ccccc4)c3C(F)(F)F)sc1-2. The molecule has 1 aliphatic rings. The molecular formula is C23H17F3N2O3S. The van der Waals surface area contributed by atoms with E-state index in [0.717, 1.165) is 27.3 Å². The van der Waals surface area contributed by atoms with Gasteiger partial charge >= 0.3 is 6.18 Å². The fourth-order valence-corrected chi connectivity index (χ4v) is 5.08. The van der Waals surface area contributed by atoms with Crippen LogP contribution in [-0.4, -0.2) is 27.0 Å². The molecular weight excluding hydrogens is 441 g/mol. The number of hydrogen-bond acceptors (Lipinski definition) is 6. The molecule has 1 atom stereocenters. The number of fused-ring (bicyclic) bond motifs is 3. The highest BCUT2D eigenvalue weighted by Gasteiger charge is 2.42. The van der Waals surface area contributed by atoms with Crippen molar-refractivity contribution < 1.29 is 27.9 Å². The minimum Gasteiger partial charge on any atom is -0.393 e. The van der Waals surface area contributed by atoms with Crippen molar-refractivity contribution in [3.63, 3.8) is 0 Å². The Bertz CT molecular complexity index is 1280. The Kier molecular flexibility index (Phi) is 5.11. The second-order valence-electron chi connectivity index (χ2n) is 7.51. The number of thiazole rings is 1. The number of alkyl halides is 3. The van der Waals surface area contributed by atoms with Gasteiger partial charge in [-0.25, -0.2) is 4.98 Å². The molecule has 1 aliphatic carbocycles. The maximum atomic E-state index is 14.0. The molecule has 0 saturated heterocycles. The Morgan fingerprint density at radius 2 is 1.88 bits per heavy atom. The molecule has 4 aromatic rings. The van der Waals surface area contributed by atoms with E-state index in [1.807, 2.05) is 12.1 Å². The van der Waals surface area contributed by atoms with Crippen LogP contribution in [0, 0.1) is 0 Å². The molecule has 0 bridgehead atoms. The zero-order chi connectivity index (χ0) is 22.5. The lowest BCUT2D eigenvalue weighted by molar-refractivity contribution is -0.136. The van der Waals surface area contributed by atoms with Gasteiger partial charge in [-0.3, -0.25) is 0 Å². The van der Waals surface area contributed by atoms with Crippen molar-refractivity contribution in [1.82, 2.24) is 10.1 Å². The molecule has 0 aliphatic heterocycles. The van der Waals surface area contributed by atoms with Crippen LogP contribution in [0.25, 0.3) is 32.5 Å². The minimum atomic E-state index is -4.67. The van der Waals surface area contributed by atoms with E-state index in [0.29, 0.717) is 29.7 Å². The molecule has 2 heterocycles. The van der Waals surface area contributed by atoms with Crippen molar-refractivity contribution >= 4 is 11.3 Å². The Morgan fingerprint density at radius 3 is 2.59 bits per heavy atom. The van der Waals surface area contributed by atoms with Crippen LogP contribution in [0.2, 0.25) is 0 Å². The highest BCUT2D eigenvalue weighted by Crippen LogP contribution is 2.47. The summed E-state index contributed by atoms with van der Waals surface area (Å²) in [7, 11) is 0. The smallest absolute Gasteiger partial charge is 0.393 e. The molecule has 32 heavy (non-hydrogen) atoms. The van der Waals surface area contributed by atoms with Gasteiger partial charge in [0, 0.05) is 5.56 Å². The summed E-state index contributed by atoms with van der Waals surface area (Å²) in [5.74, 6) is -0.385. The summed E-state index contributed by atoms with van der Waals surface area (Å²) in [4.78, 5) is 5.25. The molecule has 2 aromatic carbocycles. The normalized spacial score (nSPS) is 14.2. The summed E-state index contributed by atoms with van der Waals surface area (Å²) in [6.45, 7) is -0.385. The van der Waals surface area contributed by atoms with E-state index < -0.39 is 17.8 Å². The third kappa shape index (κ3) is 3.52. The number of rotatable bonds is 4. The first kappa shape index (κ1) is 20.9. The first-order chi connectivity index (χ1) is 15.4. The predicted molar refractivity (Wildman–Crippen MR) is 113 cm³/mol. The van der Waals surface area contributed by atoms with Gasteiger partial charge in [0.25, 0.3) is 0 Å². The number of aliphatic hydroxyl groups is 2. The largest absolute Gasteiger partial charge is 0.422 e. The number of nitrogens with zero attached hydrogens (tertiary/aromatic N) is 2. The highest BCUT2D eigenvalue weighted by atomic mass is 32.1.